The van der Waals surface area contributed by atoms with Crippen LogP contribution in [0.3, 0.4) is 0 Å². The Hall–Kier alpha value is -1.96. The Labute approximate surface area is 126 Å². The maximum absolute atomic E-state index is 14.1. The molecule has 3 atom stereocenters. The van der Waals surface area contributed by atoms with E-state index >= 15 is 0 Å². The van der Waals surface area contributed by atoms with E-state index in [1.807, 2.05) is 13.8 Å². The molecule has 0 aliphatic carbocycles. The molecule has 0 aromatic carbocycles. The van der Waals surface area contributed by atoms with Gasteiger partial charge in [-0.05, 0) is 13.3 Å². The van der Waals surface area contributed by atoms with Gasteiger partial charge < -0.3 is 10.5 Å². The number of fused-ring (bicyclic) bond motifs is 1. The number of alkyl halides is 1. The van der Waals surface area contributed by atoms with Gasteiger partial charge in [0.15, 0.2) is 5.65 Å². The number of imidazole rings is 1. The van der Waals surface area contributed by atoms with Crippen LogP contribution in [0.1, 0.15) is 39.3 Å². The number of hydrogen-bond acceptors (Lipinski definition) is 5. The van der Waals surface area contributed by atoms with Crippen molar-refractivity contribution in [2.24, 2.45) is 0 Å². The summed E-state index contributed by atoms with van der Waals surface area (Å²) in [5.41, 5.74) is 6.34. The lowest BCUT2D eigenvalue weighted by Crippen LogP contribution is -2.27. The molecule has 1 saturated heterocycles. The highest BCUT2D eigenvalue weighted by Gasteiger charge is 2.37. The van der Waals surface area contributed by atoms with E-state index < -0.39 is 18.5 Å². The molecule has 120 valence electrons. The second-order valence-corrected chi connectivity index (χ2v) is 5.50. The normalized spacial score (nSPS) is 25.1. The Bertz CT molecular complexity index is 741. The van der Waals surface area contributed by atoms with E-state index in [1.165, 1.54) is 10.8 Å². The predicted octanol–water partition coefficient (Wildman–Crippen LogP) is 1.62. The maximum Gasteiger partial charge on any atom is 0.332 e. The Balaban J connectivity index is 2.09. The fourth-order valence-electron chi connectivity index (χ4n) is 3.02. The Morgan fingerprint density at radius 3 is 2.95 bits per heavy atom. The number of nitrogens with two attached hydrogens (primary N) is 1. The van der Waals surface area contributed by atoms with E-state index in [9.17, 15) is 9.18 Å². The van der Waals surface area contributed by atoms with Gasteiger partial charge in [-0.3, -0.25) is 4.57 Å². The van der Waals surface area contributed by atoms with Crippen LogP contribution in [0, 0.1) is 0 Å². The average molecular weight is 309 g/mol. The summed E-state index contributed by atoms with van der Waals surface area (Å²) in [4.78, 5) is 20.7. The molecule has 8 heteroatoms. The third kappa shape index (κ3) is 2.27. The molecule has 1 fully saturated rings. The van der Waals surface area contributed by atoms with Crippen LogP contribution in [0.4, 0.5) is 10.3 Å². The summed E-state index contributed by atoms with van der Waals surface area (Å²) in [6.07, 6.45) is 0.942. The first-order chi connectivity index (χ1) is 10.6. The molecular weight excluding hydrogens is 289 g/mol. The van der Waals surface area contributed by atoms with Gasteiger partial charge in [-0.25, -0.2) is 18.7 Å². The van der Waals surface area contributed by atoms with Gasteiger partial charge in [-0.2, -0.15) is 4.98 Å². The number of aromatic nitrogens is 4. The van der Waals surface area contributed by atoms with Crippen molar-refractivity contribution in [2.75, 3.05) is 5.73 Å². The lowest BCUT2D eigenvalue weighted by molar-refractivity contribution is -0.0118. The summed E-state index contributed by atoms with van der Waals surface area (Å²) in [5.74, 6) is 0.0782. The van der Waals surface area contributed by atoms with Gasteiger partial charge in [-0.15, -0.1) is 0 Å². The first-order valence-corrected chi connectivity index (χ1v) is 7.59. The van der Waals surface area contributed by atoms with Crippen LogP contribution < -0.4 is 11.4 Å². The van der Waals surface area contributed by atoms with Crippen molar-refractivity contribution < 1.29 is 9.13 Å². The highest BCUT2D eigenvalue weighted by Crippen LogP contribution is 2.33. The lowest BCUT2D eigenvalue weighted by atomic mass is 10.1. The van der Waals surface area contributed by atoms with Crippen molar-refractivity contribution in [2.45, 2.75) is 58.2 Å². The van der Waals surface area contributed by atoms with E-state index in [4.69, 9.17) is 10.5 Å². The van der Waals surface area contributed by atoms with Gasteiger partial charge in [0.25, 0.3) is 0 Å². The largest absolute Gasteiger partial charge is 0.368 e. The number of rotatable bonds is 4. The summed E-state index contributed by atoms with van der Waals surface area (Å²) in [6, 6.07) is 0. The zero-order valence-corrected chi connectivity index (χ0v) is 12.7. The van der Waals surface area contributed by atoms with Gasteiger partial charge in [0.2, 0.25) is 5.95 Å². The quantitative estimate of drug-likeness (QED) is 0.927. The van der Waals surface area contributed by atoms with Crippen LogP contribution in [-0.4, -0.2) is 31.4 Å². The molecule has 0 spiro atoms. The number of aryl methyl sites for hydroxylation is 1. The minimum Gasteiger partial charge on any atom is -0.368 e. The molecule has 2 aromatic rings. The molecule has 22 heavy (non-hydrogen) atoms. The molecular formula is C14H20FN5O2. The standard InChI is InChI=1S/C14H20FN5O2/c1-3-5-10-8(15)6-11(22-10)20-12-9(7-17-13(16)18-12)19(4-2)14(20)21/h7-8,10-11H,3-6H2,1-2H3,(H2,16,17,18). The van der Waals surface area contributed by atoms with Gasteiger partial charge >= 0.3 is 5.69 Å². The van der Waals surface area contributed by atoms with Gasteiger partial charge in [0.1, 0.15) is 17.9 Å². The van der Waals surface area contributed by atoms with E-state index in [1.54, 1.807) is 4.57 Å². The molecule has 0 radical (unpaired) electrons. The molecule has 1 aliphatic rings. The summed E-state index contributed by atoms with van der Waals surface area (Å²) in [6.45, 7) is 4.31. The third-order valence-electron chi connectivity index (χ3n) is 4.06. The number of nitrogens with zero attached hydrogens (tertiary/aromatic N) is 4. The summed E-state index contributed by atoms with van der Waals surface area (Å²) in [5, 5.41) is 0. The second kappa shape index (κ2) is 5.68. The van der Waals surface area contributed by atoms with Crippen molar-refractivity contribution in [3.8, 4) is 0 Å². The van der Waals surface area contributed by atoms with Crippen molar-refractivity contribution in [3.63, 3.8) is 0 Å². The number of halogens is 1. The minimum absolute atomic E-state index is 0.0782. The number of ether oxygens (including phenoxy) is 1. The highest BCUT2D eigenvalue weighted by molar-refractivity contribution is 5.71. The van der Waals surface area contributed by atoms with Crippen molar-refractivity contribution in [1.82, 2.24) is 19.1 Å². The zero-order chi connectivity index (χ0) is 15.9. The fraction of sp³-hybridized carbons (Fsp3) is 0.643. The summed E-state index contributed by atoms with van der Waals surface area (Å²) >= 11 is 0. The first-order valence-electron chi connectivity index (χ1n) is 7.59. The molecule has 0 amide bonds. The SMILES string of the molecule is CCCC1OC(n2c(=O)n(CC)c3cnc(N)nc32)CC1F. The average Bonchev–Trinajstić information content (AvgIpc) is 2.96. The molecule has 1 aliphatic heterocycles. The monoisotopic (exact) mass is 309 g/mol. The lowest BCUT2D eigenvalue weighted by Gasteiger charge is -2.13. The van der Waals surface area contributed by atoms with Gasteiger partial charge in [-0.1, -0.05) is 13.3 Å². The Morgan fingerprint density at radius 2 is 2.27 bits per heavy atom. The topological polar surface area (TPSA) is 88.0 Å². The minimum atomic E-state index is -1.07. The van der Waals surface area contributed by atoms with Crippen LogP contribution in [0.2, 0.25) is 0 Å². The van der Waals surface area contributed by atoms with Crippen molar-refractivity contribution in [1.29, 1.82) is 0 Å². The second-order valence-electron chi connectivity index (χ2n) is 5.50. The van der Waals surface area contributed by atoms with Crippen LogP contribution in [-0.2, 0) is 11.3 Å². The van der Waals surface area contributed by atoms with Crippen molar-refractivity contribution in [3.05, 3.63) is 16.7 Å². The first kappa shape index (κ1) is 15.0. The van der Waals surface area contributed by atoms with Crippen LogP contribution in [0.15, 0.2) is 11.0 Å². The Morgan fingerprint density at radius 1 is 1.50 bits per heavy atom. The number of hydrogen-bond donors (Lipinski definition) is 1. The van der Waals surface area contributed by atoms with Crippen LogP contribution in [0.5, 0.6) is 0 Å². The molecule has 3 heterocycles. The fourth-order valence-corrected chi connectivity index (χ4v) is 3.02. The molecule has 3 rings (SSSR count). The molecule has 2 N–H and O–H groups in total. The molecule has 3 unspecified atom stereocenters. The van der Waals surface area contributed by atoms with Crippen LogP contribution in [0.25, 0.3) is 11.2 Å². The molecule has 7 nitrogen and oxygen atoms in total. The summed E-state index contributed by atoms with van der Waals surface area (Å²) < 4.78 is 22.8. The number of nitrogen functional groups attached to an aromatic ring is 1. The van der Waals surface area contributed by atoms with Gasteiger partial charge in [0, 0.05) is 13.0 Å². The molecule has 0 bridgehead atoms. The van der Waals surface area contributed by atoms with Crippen molar-refractivity contribution >= 4 is 17.1 Å². The Kier molecular flexibility index (Phi) is 3.86. The number of anilines is 1. The predicted molar refractivity (Wildman–Crippen MR) is 80.2 cm³/mol. The van der Waals surface area contributed by atoms with E-state index in [2.05, 4.69) is 9.97 Å². The summed E-state index contributed by atoms with van der Waals surface area (Å²) in [7, 11) is 0. The van der Waals surface area contributed by atoms with E-state index in [-0.39, 0.29) is 18.1 Å². The van der Waals surface area contributed by atoms with Crippen LogP contribution >= 0.6 is 0 Å². The molecule has 2 aromatic heterocycles. The third-order valence-corrected chi connectivity index (χ3v) is 4.06. The smallest absolute Gasteiger partial charge is 0.332 e. The maximum atomic E-state index is 14.1. The van der Waals surface area contributed by atoms with Gasteiger partial charge in [0.05, 0.1) is 12.3 Å². The zero-order valence-electron chi connectivity index (χ0n) is 12.7. The molecule has 0 saturated carbocycles. The van der Waals surface area contributed by atoms with E-state index in [0.29, 0.717) is 24.1 Å². The highest BCUT2D eigenvalue weighted by atomic mass is 19.1. The van der Waals surface area contributed by atoms with E-state index in [0.717, 1.165) is 6.42 Å².